The molecule has 1 aliphatic heterocycles. The number of carbonyl (C=O) groups excluding carboxylic acids is 2. The number of carbonyl (C=O) groups is 3. The smallest absolute Gasteiger partial charge is 0.337 e. The lowest BCUT2D eigenvalue weighted by Crippen LogP contribution is -2.56. The molecule has 4 aromatic rings. The second-order valence-electron chi connectivity index (χ2n) is 7.99. The zero-order valence-corrected chi connectivity index (χ0v) is 20.6. The number of thiocarbonyl (C=S) groups is 1. The first-order chi connectivity index (χ1) is 17.8. The van der Waals surface area contributed by atoms with Crippen LogP contribution in [0.25, 0.3) is 17.4 Å². The van der Waals surface area contributed by atoms with Gasteiger partial charge in [0.15, 0.2) is 5.11 Å². The molecule has 2 amide bonds. The van der Waals surface area contributed by atoms with Crippen LogP contribution in [0.15, 0.2) is 101 Å². The molecule has 182 valence electrons. The molecule has 1 aliphatic rings. The number of amides is 2. The molecule has 0 unspecified atom stereocenters. The van der Waals surface area contributed by atoms with Crippen LogP contribution in [0.1, 0.15) is 16.1 Å². The number of nitrogens with zero attached hydrogens (tertiary/aromatic N) is 2. The second-order valence-corrected chi connectivity index (χ2v) is 8.77. The van der Waals surface area contributed by atoms with Crippen LogP contribution in [0, 0.1) is 0 Å². The van der Waals surface area contributed by atoms with Gasteiger partial charge < -0.3 is 9.52 Å². The Kier molecular flexibility index (Phi) is 6.43. The fraction of sp³-hybridized carbons (Fsp3) is 0. The van der Waals surface area contributed by atoms with Gasteiger partial charge in [0.2, 0.25) is 0 Å². The quantitative estimate of drug-likeness (QED) is 0.193. The standard InChI is InChI=1S/C28H17ClN2O5S/c29-23-13-11-17(15-21(23)27(34)35)24-14-12-20(36-24)16-22-25(32)30(18-7-3-1-4-8-18)28(37)31(26(22)33)19-9-5-2-6-10-19/h1-16H,(H,34,35). The normalized spacial score (nSPS) is 13.8. The molecule has 5 rings (SSSR count). The van der Waals surface area contributed by atoms with Crippen molar-refractivity contribution in [2.45, 2.75) is 0 Å². The number of halogens is 1. The number of hydrogen-bond donors (Lipinski definition) is 1. The van der Waals surface area contributed by atoms with E-state index in [9.17, 15) is 19.5 Å². The van der Waals surface area contributed by atoms with Gasteiger partial charge in [-0.1, -0.05) is 48.0 Å². The van der Waals surface area contributed by atoms with Gasteiger partial charge in [0, 0.05) is 5.56 Å². The van der Waals surface area contributed by atoms with Gasteiger partial charge in [-0.05, 0) is 72.9 Å². The minimum atomic E-state index is -1.17. The van der Waals surface area contributed by atoms with Crippen molar-refractivity contribution in [1.82, 2.24) is 0 Å². The summed E-state index contributed by atoms with van der Waals surface area (Å²) in [7, 11) is 0. The summed E-state index contributed by atoms with van der Waals surface area (Å²) in [6, 6.07) is 25.3. The first-order valence-electron chi connectivity index (χ1n) is 11.0. The lowest BCUT2D eigenvalue weighted by molar-refractivity contribution is -0.120. The Hall–Kier alpha value is -4.53. The number of carboxylic acids is 1. The van der Waals surface area contributed by atoms with Crippen molar-refractivity contribution in [3.05, 3.63) is 113 Å². The Morgan fingerprint density at radius 3 is 1.95 bits per heavy atom. The minimum Gasteiger partial charge on any atom is -0.478 e. The number of hydrogen-bond acceptors (Lipinski definition) is 5. The summed E-state index contributed by atoms with van der Waals surface area (Å²) >= 11 is 11.6. The van der Waals surface area contributed by atoms with E-state index < -0.39 is 17.8 Å². The fourth-order valence-electron chi connectivity index (χ4n) is 3.91. The Morgan fingerprint density at radius 2 is 1.41 bits per heavy atom. The molecule has 0 radical (unpaired) electrons. The third kappa shape index (κ3) is 4.55. The van der Waals surface area contributed by atoms with E-state index in [0.29, 0.717) is 22.7 Å². The van der Waals surface area contributed by atoms with E-state index in [4.69, 9.17) is 28.2 Å². The Morgan fingerprint density at radius 1 is 0.838 bits per heavy atom. The maximum Gasteiger partial charge on any atom is 0.337 e. The molecule has 0 bridgehead atoms. The molecule has 7 nitrogen and oxygen atoms in total. The summed E-state index contributed by atoms with van der Waals surface area (Å²) in [6.45, 7) is 0. The monoisotopic (exact) mass is 528 g/mol. The van der Waals surface area contributed by atoms with Gasteiger partial charge in [-0.25, -0.2) is 4.79 Å². The zero-order valence-electron chi connectivity index (χ0n) is 19.0. The Bertz CT molecular complexity index is 1520. The SMILES string of the molecule is O=C(O)c1cc(-c2ccc(C=C3C(=O)N(c4ccccc4)C(=S)N(c4ccccc4)C3=O)o2)ccc1Cl. The molecule has 0 saturated carbocycles. The van der Waals surface area contributed by atoms with Crippen molar-refractivity contribution >= 4 is 64.2 Å². The van der Waals surface area contributed by atoms with Crippen molar-refractivity contribution in [3.8, 4) is 11.3 Å². The largest absolute Gasteiger partial charge is 0.478 e. The van der Waals surface area contributed by atoms with E-state index in [2.05, 4.69) is 0 Å². The maximum absolute atomic E-state index is 13.6. The number of rotatable bonds is 5. The molecular formula is C28H17ClN2O5S. The molecule has 1 aromatic heterocycles. The average Bonchev–Trinajstić information content (AvgIpc) is 3.37. The number of carboxylic acid groups (broad SMARTS) is 1. The molecular weight excluding hydrogens is 512 g/mol. The summed E-state index contributed by atoms with van der Waals surface area (Å²) in [5.74, 6) is -1.78. The van der Waals surface area contributed by atoms with Gasteiger partial charge in [-0.15, -0.1) is 0 Å². The number of furan rings is 1. The van der Waals surface area contributed by atoms with Crippen LogP contribution in [0.4, 0.5) is 11.4 Å². The van der Waals surface area contributed by atoms with Gasteiger partial charge in [0.1, 0.15) is 17.1 Å². The highest BCUT2D eigenvalue weighted by Gasteiger charge is 2.41. The molecule has 1 N–H and O–H groups in total. The first-order valence-corrected chi connectivity index (χ1v) is 11.8. The van der Waals surface area contributed by atoms with Gasteiger partial charge in [-0.3, -0.25) is 19.4 Å². The van der Waals surface area contributed by atoms with Crippen LogP contribution < -0.4 is 9.80 Å². The highest BCUT2D eigenvalue weighted by atomic mass is 35.5. The predicted molar refractivity (Wildman–Crippen MR) is 145 cm³/mol. The van der Waals surface area contributed by atoms with Gasteiger partial charge >= 0.3 is 5.97 Å². The van der Waals surface area contributed by atoms with Crippen molar-refractivity contribution in [3.63, 3.8) is 0 Å². The van der Waals surface area contributed by atoms with Crippen LogP contribution in [0.2, 0.25) is 5.02 Å². The third-order valence-corrected chi connectivity index (χ3v) is 6.37. The van der Waals surface area contributed by atoms with Crippen molar-refractivity contribution < 1.29 is 23.9 Å². The van der Waals surface area contributed by atoms with Gasteiger partial charge in [0.05, 0.1) is 22.0 Å². The average molecular weight is 529 g/mol. The van der Waals surface area contributed by atoms with Gasteiger partial charge in [0.25, 0.3) is 11.8 Å². The lowest BCUT2D eigenvalue weighted by Gasteiger charge is -2.36. The molecule has 0 spiro atoms. The maximum atomic E-state index is 13.6. The molecule has 9 heteroatoms. The molecule has 0 aliphatic carbocycles. The molecule has 0 atom stereocenters. The number of para-hydroxylation sites is 2. The van der Waals surface area contributed by atoms with Crippen LogP contribution in [-0.2, 0) is 9.59 Å². The minimum absolute atomic E-state index is 0.0343. The van der Waals surface area contributed by atoms with Crippen LogP contribution in [0.3, 0.4) is 0 Å². The number of anilines is 2. The summed E-state index contributed by atoms with van der Waals surface area (Å²) in [6.07, 6.45) is 1.36. The molecule has 1 saturated heterocycles. The lowest BCUT2D eigenvalue weighted by atomic mass is 10.1. The first kappa shape index (κ1) is 24.2. The summed E-state index contributed by atoms with van der Waals surface area (Å²) in [4.78, 5) is 41.2. The van der Waals surface area contributed by atoms with E-state index in [1.165, 1.54) is 28.0 Å². The molecule has 37 heavy (non-hydrogen) atoms. The fourth-order valence-corrected chi connectivity index (χ4v) is 4.48. The molecule has 2 heterocycles. The summed E-state index contributed by atoms with van der Waals surface area (Å²) < 4.78 is 5.87. The van der Waals surface area contributed by atoms with E-state index in [1.54, 1.807) is 66.7 Å². The Balaban J connectivity index is 1.57. The number of aromatic carboxylic acids is 1. The predicted octanol–water partition coefficient (Wildman–Crippen LogP) is 6.05. The highest BCUT2D eigenvalue weighted by Crippen LogP contribution is 2.31. The molecule has 1 fully saturated rings. The second kappa shape index (κ2) is 9.85. The van der Waals surface area contributed by atoms with Crippen molar-refractivity contribution in [2.24, 2.45) is 0 Å². The highest BCUT2D eigenvalue weighted by molar-refractivity contribution is 7.81. The summed E-state index contributed by atoms with van der Waals surface area (Å²) in [5.41, 5.74) is 1.28. The molecule has 3 aromatic carbocycles. The van der Waals surface area contributed by atoms with E-state index in [0.717, 1.165) is 0 Å². The topological polar surface area (TPSA) is 91.1 Å². The van der Waals surface area contributed by atoms with Gasteiger partial charge in [-0.2, -0.15) is 0 Å². The van der Waals surface area contributed by atoms with E-state index in [-0.39, 0.29) is 27.0 Å². The van der Waals surface area contributed by atoms with Crippen molar-refractivity contribution in [1.29, 1.82) is 0 Å². The number of benzene rings is 3. The van der Waals surface area contributed by atoms with Crippen LogP contribution in [0.5, 0.6) is 0 Å². The van der Waals surface area contributed by atoms with E-state index >= 15 is 0 Å². The van der Waals surface area contributed by atoms with Crippen LogP contribution in [-0.4, -0.2) is 28.0 Å². The van der Waals surface area contributed by atoms with Crippen molar-refractivity contribution in [2.75, 3.05) is 9.80 Å². The zero-order chi connectivity index (χ0) is 26.1. The van der Waals surface area contributed by atoms with Crippen LogP contribution >= 0.6 is 23.8 Å². The summed E-state index contributed by atoms with van der Waals surface area (Å²) in [5, 5.41) is 9.49. The van der Waals surface area contributed by atoms with E-state index in [1.807, 2.05) is 12.1 Å². The third-order valence-electron chi connectivity index (χ3n) is 5.67. The Labute approximate surface area is 221 Å².